The van der Waals surface area contributed by atoms with Gasteiger partial charge in [-0.2, -0.15) is 5.10 Å². The molecule has 3 heteroatoms. The highest BCUT2D eigenvalue weighted by Gasteiger charge is 2.14. The number of hydrogen-bond acceptors (Lipinski definition) is 1. The second kappa shape index (κ2) is 2.64. The van der Waals surface area contributed by atoms with Crippen LogP contribution in [-0.4, -0.2) is 9.78 Å². The molecule has 0 atom stereocenters. The van der Waals surface area contributed by atoms with E-state index in [2.05, 4.69) is 5.10 Å². The third kappa shape index (κ3) is 1.27. The molecule has 1 heterocycles. The van der Waals surface area contributed by atoms with Gasteiger partial charge in [0.05, 0.1) is 11.4 Å². The van der Waals surface area contributed by atoms with Crippen LogP contribution in [0.2, 0.25) is 0 Å². The molecule has 0 bridgehead atoms. The highest BCUT2D eigenvalue weighted by molar-refractivity contribution is 5.15. The molecule has 0 saturated heterocycles. The first-order valence-electron chi connectivity index (χ1n) is 3.73. The van der Waals surface area contributed by atoms with Gasteiger partial charge in [-0.05, 0) is 12.8 Å². The lowest BCUT2D eigenvalue weighted by Gasteiger charge is -2.03. The van der Waals surface area contributed by atoms with Gasteiger partial charge in [0.2, 0.25) is 0 Å². The molecule has 0 amide bonds. The SMILES string of the molecule is Cc1nn(C)c(C(C)C)c1F. The summed E-state index contributed by atoms with van der Waals surface area (Å²) in [4.78, 5) is 0. The Hall–Kier alpha value is -0.860. The summed E-state index contributed by atoms with van der Waals surface area (Å²) in [6.07, 6.45) is 0. The normalized spacial score (nSPS) is 11.1. The first-order chi connectivity index (χ1) is 5.04. The van der Waals surface area contributed by atoms with Crippen molar-refractivity contribution in [2.45, 2.75) is 26.7 Å². The molecule has 0 aromatic carbocycles. The van der Waals surface area contributed by atoms with Gasteiger partial charge < -0.3 is 0 Å². The predicted molar refractivity (Wildman–Crippen MR) is 42.0 cm³/mol. The molecular formula is C8H13FN2. The summed E-state index contributed by atoms with van der Waals surface area (Å²) in [5.41, 5.74) is 1.17. The average molecular weight is 156 g/mol. The van der Waals surface area contributed by atoms with Crippen LogP contribution in [0.3, 0.4) is 0 Å². The number of rotatable bonds is 1. The van der Waals surface area contributed by atoms with Crippen molar-refractivity contribution in [3.05, 3.63) is 17.2 Å². The minimum atomic E-state index is -0.164. The van der Waals surface area contributed by atoms with Crippen molar-refractivity contribution in [3.63, 3.8) is 0 Å². The summed E-state index contributed by atoms with van der Waals surface area (Å²) >= 11 is 0. The van der Waals surface area contributed by atoms with Crippen molar-refractivity contribution in [2.24, 2.45) is 7.05 Å². The second-order valence-electron chi connectivity index (χ2n) is 3.06. The van der Waals surface area contributed by atoms with Crippen molar-refractivity contribution in [1.29, 1.82) is 0 Å². The zero-order valence-electron chi connectivity index (χ0n) is 7.35. The molecule has 1 rings (SSSR count). The lowest BCUT2D eigenvalue weighted by Crippen LogP contribution is -2.01. The number of aryl methyl sites for hydroxylation is 2. The summed E-state index contributed by atoms with van der Waals surface area (Å²) in [5, 5.41) is 3.97. The lowest BCUT2D eigenvalue weighted by molar-refractivity contribution is 0.573. The summed E-state index contributed by atoms with van der Waals surface area (Å²) in [6.45, 7) is 5.60. The predicted octanol–water partition coefficient (Wildman–Crippen LogP) is 1.99. The molecule has 0 aliphatic carbocycles. The molecule has 0 spiro atoms. The van der Waals surface area contributed by atoms with Gasteiger partial charge in [-0.1, -0.05) is 13.8 Å². The van der Waals surface area contributed by atoms with Crippen LogP contribution in [0.1, 0.15) is 31.2 Å². The van der Waals surface area contributed by atoms with E-state index in [9.17, 15) is 4.39 Å². The van der Waals surface area contributed by atoms with Gasteiger partial charge in [0.1, 0.15) is 0 Å². The van der Waals surface area contributed by atoms with Crippen LogP contribution in [-0.2, 0) is 7.05 Å². The zero-order chi connectivity index (χ0) is 8.59. The highest BCUT2D eigenvalue weighted by Crippen LogP contribution is 2.19. The maximum absolute atomic E-state index is 13.2. The van der Waals surface area contributed by atoms with Crippen LogP contribution in [0.4, 0.5) is 4.39 Å². The molecule has 62 valence electrons. The van der Waals surface area contributed by atoms with E-state index in [4.69, 9.17) is 0 Å². The standard InChI is InChI=1S/C8H13FN2/c1-5(2)8-7(9)6(3)10-11(8)4/h5H,1-4H3. The minimum absolute atomic E-state index is 0.164. The van der Waals surface area contributed by atoms with E-state index in [-0.39, 0.29) is 11.7 Å². The third-order valence-corrected chi connectivity index (χ3v) is 1.74. The molecular weight excluding hydrogens is 143 g/mol. The Morgan fingerprint density at radius 1 is 1.45 bits per heavy atom. The Morgan fingerprint density at radius 3 is 2.18 bits per heavy atom. The smallest absolute Gasteiger partial charge is 0.167 e. The summed E-state index contributed by atoms with van der Waals surface area (Å²) < 4.78 is 14.8. The van der Waals surface area contributed by atoms with Gasteiger partial charge in [0.15, 0.2) is 5.82 Å². The maximum Gasteiger partial charge on any atom is 0.167 e. The highest BCUT2D eigenvalue weighted by atomic mass is 19.1. The number of nitrogens with zero attached hydrogens (tertiary/aromatic N) is 2. The minimum Gasteiger partial charge on any atom is -0.269 e. The molecule has 0 aliphatic heterocycles. The molecule has 1 aromatic rings. The van der Waals surface area contributed by atoms with Gasteiger partial charge in [0.25, 0.3) is 0 Å². The molecule has 0 aliphatic rings. The van der Waals surface area contributed by atoms with E-state index >= 15 is 0 Å². The summed E-state index contributed by atoms with van der Waals surface area (Å²) in [5.74, 6) is 0.0312. The molecule has 0 saturated carbocycles. The van der Waals surface area contributed by atoms with Gasteiger partial charge >= 0.3 is 0 Å². The third-order valence-electron chi connectivity index (χ3n) is 1.74. The van der Waals surface area contributed by atoms with E-state index in [1.807, 2.05) is 13.8 Å². The van der Waals surface area contributed by atoms with Crippen LogP contribution >= 0.6 is 0 Å². The number of halogens is 1. The topological polar surface area (TPSA) is 17.8 Å². The molecule has 0 radical (unpaired) electrons. The van der Waals surface area contributed by atoms with Crippen LogP contribution in [0.5, 0.6) is 0 Å². The van der Waals surface area contributed by atoms with Crippen molar-refractivity contribution < 1.29 is 4.39 Å². The summed E-state index contributed by atoms with van der Waals surface area (Å²) in [6, 6.07) is 0. The Kier molecular flexibility index (Phi) is 1.98. The quantitative estimate of drug-likeness (QED) is 0.608. The maximum atomic E-state index is 13.2. The van der Waals surface area contributed by atoms with Crippen molar-refractivity contribution in [3.8, 4) is 0 Å². The first kappa shape index (κ1) is 8.24. The molecule has 2 nitrogen and oxygen atoms in total. The summed E-state index contributed by atoms with van der Waals surface area (Å²) in [7, 11) is 1.77. The Bertz CT molecular complexity index is 263. The fourth-order valence-corrected chi connectivity index (χ4v) is 1.28. The Morgan fingerprint density at radius 2 is 2.00 bits per heavy atom. The second-order valence-corrected chi connectivity index (χ2v) is 3.06. The molecule has 1 aromatic heterocycles. The fourth-order valence-electron chi connectivity index (χ4n) is 1.28. The van der Waals surface area contributed by atoms with E-state index in [0.29, 0.717) is 11.4 Å². The fraction of sp³-hybridized carbons (Fsp3) is 0.625. The lowest BCUT2D eigenvalue weighted by atomic mass is 10.1. The largest absolute Gasteiger partial charge is 0.269 e. The van der Waals surface area contributed by atoms with Crippen LogP contribution in [0.25, 0.3) is 0 Å². The first-order valence-corrected chi connectivity index (χ1v) is 3.73. The Labute approximate surface area is 66.0 Å². The molecule has 0 unspecified atom stereocenters. The van der Waals surface area contributed by atoms with Crippen LogP contribution < -0.4 is 0 Å². The van der Waals surface area contributed by atoms with E-state index in [0.717, 1.165) is 0 Å². The van der Waals surface area contributed by atoms with Gasteiger partial charge in [-0.25, -0.2) is 4.39 Å². The molecule has 11 heavy (non-hydrogen) atoms. The van der Waals surface area contributed by atoms with Crippen LogP contribution in [0.15, 0.2) is 0 Å². The Balaban J connectivity index is 3.22. The van der Waals surface area contributed by atoms with Gasteiger partial charge in [0, 0.05) is 7.05 Å². The average Bonchev–Trinajstić information content (AvgIpc) is 2.07. The van der Waals surface area contributed by atoms with Crippen LogP contribution in [0, 0.1) is 12.7 Å². The van der Waals surface area contributed by atoms with Gasteiger partial charge in [-0.3, -0.25) is 4.68 Å². The van der Waals surface area contributed by atoms with E-state index in [1.54, 1.807) is 18.7 Å². The van der Waals surface area contributed by atoms with E-state index in [1.165, 1.54) is 0 Å². The van der Waals surface area contributed by atoms with Crippen molar-refractivity contribution in [1.82, 2.24) is 9.78 Å². The monoisotopic (exact) mass is 156 g/mol. The number of aromatic nitrogens is 2. The number of hydrogen-bond donors (Lipinski definition) is 0. The van der Waals surface area contributed by atoms with Gasteiger partial charge in [-0.15, -0.1) is 0 Å². The zero-order valence-corrected chi connectivity index (χ0v) is 7.35. The molecule has 0 N–H and O–H groups in total. The van der Waals surface area contributed by atoms with Crippen molar-refractivity contribution >= 4 is 0 Å². The molecule has 0 fully saturated rings. The van der Waals surface area contributed by atoms with E-state index < -0.39 is 0 Å². The van der Waals surface area contributed by atoms with Crippen molar-refractivity contribution in [2.75, 3.05) is 0 Å².